The number of nitrogens with one attached hydrogen (secondary N) is 1. The average Bonchev–Trinajstić information content (AvgIpc) is 3.04. The van der Waals surface area contributed by atoms with Crippen LogP contribution in [0.4, 0.5) is 0 Å². The molecule has 4 nitrogen and oxygen atoms in total. The second-order valence-corrected chi connectivity index (χ2v) is 4.63. The van der Waals surface area contributed by atoms with Crippen LogP contribution >= 0.6 is 0 Å². The molecule has 1 aromatic heterocycles. The molecule has 3 rings (SSSR count). The fourth-order valence-corrected chi connectivity index (χ4v) is 2.16. The summed E-state index contributed by atoms with van der Waals surface area (Å²) in [5.74, 6) is 0.841. The zero-order valence-electron chi connectivity index (χ0n) is 11.5. The van der Waals surface area contributed by atoms with E-state index in [-0.39, 0.29) is 0 Å². The first-order valence-electron chi connectivity index (χ1n) is 6.55. The average molecular weight is 278 g/mol. The number of aromatic nitrogens is 2. The Kier molecular flexibility index (Phi) is 3.51. The van der Waals surface area contributed by atoms with Crippen molar-refractivity contribution in [2.45, 2.75) is 0 Å². The number of aromatic amines is 1. The first-order chi connectivity index (χ1) is 10.3. The molecule has 104 valence electrons. The zero-order valence-corrected chi connectivity index (χ0v) is 11.5. The van der Waals surface area contributed by atoms with Crippen molar-refractivity contribution in [1.82, 2.24) is 10.2 Å². The highest BCUT2D eigenvalue weighted by Gasteiger charge is 2.04. The van der Waals surface area contributed by atoms with Crippen LogP contribution in [0.1, 0.15) is 10.5 Å². The Labute approximate surface area is 122 Å². The van der Waals surface area contributed by atoms with Crippen molar-refractivity contribution >= 4 is 6.29 Å². The van der Waals surface area contributed by atoms with E-state index in [1.807, 2.05) is 48.5 Å². The number of hydrogen-bond acceptors (Lipinski definition) is 3. The molecule has 0 radical (unpaired) electrons. The molecule has 0 atom stereocenters. The summed E-state index contributed by atoms with van der Waals surface area (Å²) in [6.07, 6.45) is 0.752. The maximum atomic E-state index is 10.7. The molecule has 0 unspecified atom stereocenters. The highest BCUT2D eigenvalue weighted by molar-refractivity contribution is 5.76. The molecule has 0 saturated heterocycles. The minimum atomic E-state index is 0.476. The van der Waals surface area contributed by atoms with Crippen LogP contribution in [0.3, 0.4) is 0 Å². The van der Waals surface area contributed by atoms with Gasteiger partial charge in [-0.1, -0.05) is 36.4 Å². The maximum Gasteiger partial charge on any atom is 0.167 e. The molecule has 0 aliphatic rings. The third-order valence-electron chi connectivity index (χ3n) is 3.33. The Morgan fingerprint density at radius 3 is 2.05 bits per heavy atom. The Bertz CT molecular complexity index is 743. The number of hydrogen-bond donors (Lipinski definition) is 1. The lowest BCUT2D eigenvalue weighted by atomic mass is 10.0. The molecule has 2 aromatic carbocycles. The molecule has 0 bridgehead atoms. The van der Waals surface area contributed by atoms with Crippen LogP contribution in [0.2, 0.25) is 0 Å². The molecule has 0 aliphatic carbocycles. The van der Waals surface area contributed by atoms with Gasteiger partial charge in [-0.05, 0) is 29.3 Å². The van der Waals surface area contributed by atoms with Crippen molar-refractivity contribution in [3.63, 3.8) is 0 Å². The Morgan fingerprint density at radius 2 is 1.52 bits per heavy atom. The minimum Gasteiger partial charge on any atom is -0.497 e. The van der Waals surface area contributed by atoms with Gasteiger partial charge in [-0.15, -0.1) is 0 Å². The molecular formula is C17H14N2O2. The topological polar surface area (TPSA) is 55.0 Å². The van der Waals surface area contributed by atoms with Crippen LogP contribution in [0.5, 0.6) is 5.75 Å². The van der Waals surface area contributed by atoms with Gasteiger partial charge in [0.15, 0.2) is 6.29 Å². The van der Waals surface area contributed by atoms with E-state index in [1.54, 1.807) is 13.2 Å². The van der Waals surface area contributed by atoms with Gasteiger partial charge >= 0.3 is 0 Å². The lowest BCUT2D eigenvalue weighted by molar-refractivity contribution is 0.111. The van der Waals surface area contributed by atoms with Crippen molar-refractivity contribution in [3.05, 3.63) is 60.3 Å². The van der Waals surface area contributed by atoms with Crippen LogP contribution in [-0.2, 0) is 0 Å². The van der Waals surface area contributed by atoms with E-state index in [9.17, 15) is 4.79 Å². The van der Waals surface area contributed by atoms with Crippen molar-refractivity contribution in [3.8, 4) is 28.1 Å². The third-order valence-corrected chi connectivity index (χ3v) is 3.33. The summed E-state index contributed by atoms with van der Waals surface area (Å²) >= 11 is 0. The number of carbonyl (C=O) groups is 1. The molecular weight excluding hydrogens is 264 g/mol. The lowest BCUT2D eigenvalue weighted by Crippen LogP contribution is -1.83. The number of H-pyrrole nitrogens is 1. The standard InChI is InChI=1S/C17H14N2O2/c1-21-16-8-6-13(7-9-16)12-2-4-14(5-3-12)17-10-15(11-20)18-19-17/h2-11H,1H3,(H,18,19). The molecule has 21 heavy (non-hydrogen) atoms. The number of benzene rings is 2. The van der Waals surface area contributed by atoms with E-state index in [0.29, 0.717) is 5.69 Å². The molecule has 4 heteroatoms. The number of nitrogens with zero attached hydrogens (tertiary/aromatic N) is 1. The second-order valence-electron chi connectivity index (χ2n) is 4.63. The highest BCUT2D eigenvalue weighted by Crippen LogP contribution is 2.25. The van der Waals surface area contributed by atoms with Gasteiger partial charge in [-0.2, -0.15) is 5.10 Å². The van der Waals surface area contributed by atoms with Crippen LogP contribution in [0.25, 0.3) is 22.4 Å². The summed E-state index contributed by atoms with van der Waals surface area (Å²) in [6.45, 7) is 0. The largest absolute Gasteiger partial charge is 0.497 e. The van der Waals surface area contributed by atoms with Gasteiger partial charge in [-0.3, -0.25) is 9.89 Å². The van der Waals surface area contributed by atoms with Crippen molar-refractivity contribution in [1.29, 1.82) is 0 Å². The number of carbonyl (C=O) groups excluding carboxylic acids is 1. The SMILES string of the molecule is COc1ccc(-c2ccc(-c3cc(C=O)[nH]n3)cc2)cc1. The van der Waals surface area contributed by atoms with Crippen LogP contribution < -0.4 is 4.74 Å². The normalized spacial score (nSPS) is 10.3. The van der Waals surface area contributed by atoms with Gasteiger partial charge < -0.3 is 4.74 Å². The van der Waals surface area contributed by atoms with E-state index in [4.69, 9.17) is 4.74 Å². The summed E-state index contributed by atoms with van der Waals surface area (Å²) in [4.78, 5) is 10.7. The van der Waals surface area contributed by atoms with E-state index in [1.165, 1.54) is 0 Å². The van der Waals surface area contributed by atoms with Gasteiger partial charge in [0.25, 0.3) is 0 Å². The van der Waals surface area contributed by atoms with Gasteiger partial charge in [0.2, 0.25) is 0 Å². The molecule has 0 aliphatic heterocycles. The summed E-state index contributed by atoms with van der Waals surface area (Å²) in [6, 6.07) is 17.7. The van der Waals surface area contributed by atoms with Crippen molar-refractivity contribution in [2.24, 2.45) is 0 Å². The van der Waals surface area contributed by atoms with E-state index in [0.717, 1.165) is 34.4 Å². The van der Waals surface area contributed by atoms with Crippen molar-refractivity contribution in [2.75, 3.05) is 7.11 Å². The van der Waals surface area contributed by atoms with Gasteiger partial charge in [-0.25, -0.2) is 0 Å². The third kappa shape index (κ3) is 2.69. The van der Waals surface area contributed by atoms with Crippen LogP contribution in [0.15, 0.2) is 54.6 Å². The molecule has 1 heterocycles. The van der Waals surface area contributed by atoms with Gasteiger partial charge in [0.05, 0.1) is 18.5 Å². The van der Waals surface area contributed by atoms with E-state index < -0.39 is 0 Å². The van der Waals surface area contributed by atoms with Crippen LogP contribution in [0, 0.1) is 0 Å². The smallest absolute Gasteiger partial charge is 0.167 e. The fourth-order valence-electron chi connectivity index (χ4n) is 2.16. The quantitative estimate of drug-likeness (QED) is 0.742. The molecule has 1 N–H and O–H groups in total. The number of aldehydes is 1. The first kappa shape index (κ1) is 13.1. The summed E-state index contributed by atoms with van der Waals surface area (Å²) in [5, 5.41) is 6.79. The number of rotatable bonds is 4. The van der Waals surface area contributed by atoms with Gasteiger partial charge in [0, 0.05) is 5.56 Å². The summed E-state index contributed by atoms with van der Waals surface area (Å²) in [7, 11) is 1.65. The zero-order chi connectivity index (χ0) is 14.7. The highest BCUT2D eigenvalue weighted by atomic mass is 16.5. The molecule has 0 saturated carbocycles. The fraction of sp³-hybridized carbons (Fsp3) is 0.0588. The Hall–Kier alpha value is -2.88. The van der Waals surface area contributed by atoms with E-state index >= 15 is 0 Å². The van der Waals surface area contributed by atoms with Crippen molar-refractivity contribution < 1.29 is 9.53 Å². The Morgan fingerprint density at radius 1 is 0.952 bits per heavy atom. The first-order valence-corrected chi connectivity index (χ1v) is 6.55. The summed E-state index contributed by atoms with van der Waals surface area (Å²) < 4.78 is 5.15. The van der Waals surface area contributed by atoms with Gasteiger partial charge in [0.1, 0.15) is 5.75 Å². The van der Waals surface area contributed by atoms with Crippen LogP contribution in [-0.4, -0.2) is 23.6 Å². The predicted molar refractivity (Wildman–Crippen MR) is 81.4 cm³/mol. The Balaban J connectivity index is 1.87. The monoisotopic (exact) mass is 278 g/mol. The van der Waals surface area contributed by atoms with E-state index in [2.05, 4.69) is 10.2 Å². The summed E-state index contributed by atoms with van der Waals surface area (Å²) in [5.41, 5.74) is 4.45. The number of ether oxygens (including phenoxy) is 1. The maximum absolute atomic E-state index is 10.7. The molecule has 3 aromatic rings. The lowest BCUT2D eigenvalue weighted by Gasteiger charge is -2.04. The molecule has 0 amide bonds. The minimum absolute atomic E-state index is 0.476. The number of methoxy groups -OCH3 is 1. The molecule has 0 spiro atoms. The predicted octanol–water partition coefficient (Wildman–Crippen LogP) is 3.56. The molecule has 0 fully saturated rings. The second kappa shape index (κ2) is 5.63.